The molecule has 0 aromatic carbocycles. The molecule has 0 radical (unpaired) electrons. The number of hydrogen-bond donors (Lipinski definition) is 5. The van der Waals surface area contributed by atoms with E-state index in [-0.39, 0.29) is 19.4 Å². The van der Waals surface area contributed by atoms with Crippen LogP contribution in [-0.4, -0.2) is 82.1 Å². The molecular weight excluding hydrogens is 814 g/mol. The minimum Gasteiger partial charge on any atom is -0.462 e. The molecule has 0 aromatic rings. The predicted octanol–water partition coefficient (Wildman–Crippen LogP) is 9.98. The van der Waals surface area contributed by atoms with E-state index in [1.165, 1.54) is 25.7 Å². The molecule has 1 unspecified atom stereocenters. The average molecular weight is 891 g/mol. The lowest BCUT2D eigenvalue weighted by atomic mass is 10.1. The van der Waals surface area contributed by atoms with Crippen LogP contribution in [0.25, 0.3) is 0 Å². The highest BCUT2D eigenvalue weighted by Gasteiger charge is 2.28. The highest BCUT2D eigenvalue weighted by atomic mass is 31.2. The van der Waals surface area contributed by atoms with Crippen molar-refractivity contribution in [3.63, 3.8) is 0 Å². The summed E-state index contributed by atoms with van der Waals surface area (Å²) in [5.74, 6) is -1.13. The van der Waals surface area contributed by atoms with Gasteiger partial charge in [0, 0.05) is 19.4 Å². The number of aliphatic hydroxyl groups excluding tert-OH is 2. The van der Waals surface area contributed by atoms with E-state index in [0.29, 0.717) is 19.3 Å². The van der Waals surface area contributed by atoms with E-state index >= 15 is 0 Å². The van der Waals surface area contributed by atoms with Crippen molar-refractivity contribution in [1.82, 2.24) is 0 Å². The average Bonchev–Trinajstić information content (AvgIpc) is 3.21. The van der Waals surface area contributed by atoms with Gasteiger partial charge in [-0.1, -0.05) is 125 Å². The van der Waals surface area contributed by atoms with Gasteiger partial charge in [0.25, 0.3) is 0 Å². The van der Waals surface area contributed by atoms with Crippen LogP contribution in [0.2, 0.25) is 0 Å². The van der Waals surface area contributed by atoms with Crippen LogP contribution in [0.4, 0.5) is 0 Å². The maximum absolute atomic E-state index is 12.6. The zero-order chi connectivity index (χ0) is 44.4. The molecule has 0 spiro atoms. The van der Waals surface area contributed by atoms with Gasteiger partial charge in [0.15, 0.2) is 6.10 Å². The fraction of sp³-hybridized carbons (Fsp3) is 0.682. The number of phosphoric acid groups is 2. The van der Waals surface area contributed by atoms with Gasteiger partial charge in [0.2, 0.25) is 0 Å². The molecule has 5 N–H and O–H groups in total. The Kier molecular flexibility index (Phi) is 38.9. The van der Waals surface area contributed by atoms with Crippen LogP contribution in [-0.2, 0) is 41.8 Å². The summed E-state index contributed by atoms with van der Waals surface area (Å²) < 4.78 is 47.7. The topological polar surface area (TPSA) is 216 Å². The molecule has 0 rings (SSSR count). The first kappa shape index (κ1) is 57.5. The number of hydrogen-bond acceptors (Lipinski definition) is 11. The summed E-state index contributed by atoms with van der Waals surface area (Å²) in [4.78, 5) is 52.6. The molecule has 0 bridgehead atoms. The van der Waals surface area contributed by atoms with Gasteiger partial charge < -0.3 is 34.4 Å². The molecule has 16 heteroatoms. The summed E-state index contributed by atoms with van der Waals surface area (Å²) in [6.07, 6.45) is 42.0. The molecule has 346 valence electrons. The third-order valence-corrected chi connectivity index (χ3v) is 10.1. The van der Waals surface area contributed by atoms with Gasteiger partial charge >= 0.3 is 27.6 Å². The zero-order valence-corrected chi connectivity index (χ0v) is 37.8. The van der Waals surface area contributed by atoms with Crippen LogP contribution >= 0.6 is 15.6 Å². The first-order valence-corrected chi connectivity index (χ1v) is 24.8. The Balaban J connectivity index is 4.64. The highest BCUT2D eigenvalue weighted by molar-refractivity contribution is 7.47. The first-order chi connectivity index (χ1) is 28.9. The Morgan fingerprint density at radius 2 is 1.00 bits per heavy atom. The number of carbonyl (C=O) groups excluding carboxylic acids is 2. The van der Waals surface area contributed by atoms with Crippen molar-refractivity contribution in [3.8, 4) is 0 Å². The van der Waals surface area contributed by atoms with Crippen molar-refractivity contribution in [2.45, 2.75) is 160 Å². The molecular formula is C44H76O14P2. The van der Waals surface area contributed by atoms with Gasteiger partial charge in [-0.2, -0.15) is 0 Å². The second-order valence-corrected chi connectivity index (χ2v) is 17.1. The number of unbranched alkanes of at least 4 members (excludes halogenated alkanes) is 13. The van der Waals surface area contributed by atoms with Crippen LogP contribution < -0.4 is 0 Å². The van der Waals surface area contributed by atoms with Gasteiger partial charge in [0.1, 0.15) is 12.7 Å². The summed E-state index contributed by atoms with van der Waals surface area (Å²) in [5.41, 5.74) is 0. The molecule has 0 heterocycles. The first-order valence-electron chi connectivity index (χ1n) is 21.8. The molecule has 0 saturated carbocycles. The monoisotopic (exact) mass is 890 g/mol. The van der Waals surface area contributed by atoms with E-state index in [9.17, 15) is 28.7 Å². The Morgan fingerprint density at radius 1 is 0.533 bits per heavy atom. The molecule has 14 nitrogen and oxygen atoms in total. The van der Waals surface area contributed by atoms with Crippen molar-refractivity contribution in [2.75, 3.05) is 33.0 Å². The summed E-state index contributed by atoms with van der Waals surface area (Å²) in [5, 5.41) is 18.5. The molecule has 0 aliphatic rings. The normalized spacial score (nSPS) is 14.7. The van der Waals surface area contributed by atoms with Crippen LogP contribution in [0.5, 0.6) is 0 Å². The quantitative estimate of drug-likeness (QED) is 0.0127. The molecule has 3 atom stereocenters. The Morgan fingerprint density at radius 3 is 1.58 bits per heavy atom. The molecule has 0 saturated heterocycles. The second kappa shape index (κ2) is 40.6. The zero-order valence-electron chi connectivity index (χ0n) is 36.0. The van der Waals surface area contributed by atoms with Crippen molar-refractivity contribution >= 4 is 27.6 Å². The number of rotatable bonds is 41. The fourth-order valence-electron chi connectivity index (χ4n) is 5.31. The lowest BCUT2D eigenvalue weighted by Gasteiger charge is -2.20. The van der Waals surface area contributed by atoms with E-state index in [0.717, 1.165) is 83.5 Å². The summed E-state index contributed by atoms with van der Waals surface area (Å²) in [7, 11) is -9.71. The van der Waals surface area contributed by atoms with Gasteiger partial charge in [-0.15, -0.1) is 0 Å². The summed E-state index contributed by atoms with van der Waals surface area (Å²) >= 11 is 0. The van der Waals surface area contributed by atoms with Gasteiger partial charge in [-0.25, -0.2) is 9.13 Å². The number of ether oxygens (including phenoxy) is 2. The molecule has 0 fully saturated rings. The number of esters is 2. The third-order valence-electron chi connectivity index (χ3n) is 8.64. The summed E-state index contributed by atoms with van der Waals surface area (Å²) in [6, 6.07) is 0. The Labute approximate surface area is 359 Å². The Bertz CT molecular complexity index is 1340. The van der Waals surface area contributed by atoms with Crippen molar-refractivity contribution in [2.24, 2.45) is 0 Å². The highest BCUT2D eigenvalue weighted by Crippen LogP contribution is 2.43. The SMILES string of the molecule is CCCCCC/C=C\C=C/CCCCCCCC(=O)O[C@H](COC(=O)CCC/C=C\C/C=C\C/C=C\C/C=C\CCCCCO)COP(=O)(O)OC[C@@H](O)COP(=O)(O)O. The minimum absolute atomic E-state index is 0.0933. The van der Waals surface area contributed by atoms with Crippen LogP contribution in [0.15, 0.2) is 72.9 Å². The van der Waals surface area contributed by atoms with Crippen LogP contribution in [0.1, 0.15) is 148 Å². The smallest absolute Gasteiger partial charge is 0.462 e. The van der Waals surface area contributed by atoms with E-state index < -0.39 is 66.2 Å². The minimum atomic E-state index is -4.88. The fourth-order valence-corrected chi connectivity index (χ4v) is 6.47. The van der Waals surface area contributed by atoms with Gasteiger partial charge in [-0.05, 0) is 83.5 Å². The predicted molar refractivity (Wildman–Crippen MR) is 236 cm³/mol. The molecule has 0 aliphatic heterocycles. The number of carbonyl (C=O) groups is 2. The van der Waals surface area contributed by atoms with Crippen LogP contribution in [0, 0.1) is 0 Å². The van der Waals surface area contributed by atoms with Crippen molar-refractivity contribution < 1.29 is 66.7 Å². The van der Waals surface area contributed by atoms with Gasteiger partial charge in [0.05, 0.1) is 19.8 Å². The van der Waals surface area contributed by atoms with E-state index in [2.05, 4.69) is 76.7 Å². The van der Waals surface area contributed by atoms with E-state index in [1.807, 2.05) is 12.2 Å². The number of phosphoric ester groups is 2. The molecule has 60 heavy (non-hydrogen) atoms. The lowest BCUT2D eigenvalue weighted by Crippen LogP contribution is -2.30. The van der Waals surface area contributed by atoms with E-state index in [4.69, 9.17) is 28.9 Å². The number of aliphatic hydroxyl groups is 2. The largest absolute Gasteiger partial charge is 0.472 e. The second-order valence-electron chi connectivity index (χ2n) is 14.4. The molecule has 0 aromatic heterocycles. The Hall–Kier alpha value is -2.48. The summed E-state index contributed by atoms with van der Waals surface area (Å²) in [6.45, 7) is -0.351. The number of allylic oxidation sites excluding steroid dienone is 12. The maximum atomic E-state index is 12.6. The third kappa shape index (κ3) is 43.6. The lowest BCUT2D eigenvalue weighted by molar-refractivity contribution is -0.161. The standard InChI is InChI=1S/C44H76O14P2/c1-2-3-4-5-6-7-8-9-13-17-20-23-26-29-32-35-44(48)58-42(40-57-60(52,53)56-38-41(46)37-55-59(49,50)51)39-54-43(47)34-31-28-25-22-19-16-14-11-10-12-15-18-21-24-27-30-33-36-45/h7-10,12-14,16,18,21-22,25,41-42,45-46H,2-6,11,15,17,19-20,23-24,26-40H2,1H3,(H,52,53)(H2,49,50,51)/b8-7-,12-10-,13-9-,16-14-,21-18-,25-22-/t41-,42+/m0/s1. The van der Waals surface area contributed by atoms with Crippen LogP contribution in [0.3, 0.4) is 0 Å². The molecule has 0 amide bonds. The van der Waals surface area contributed by atoms with E-state index in [1.54, 1.807) is 0 Å². The van der Waals surface area contributed by atoms with Gasteiger partial charge in [-0.3, -0.25) is 23.2 Å². The molecule has 0 aliphatic carbocycles. The maximum Gasteiger partial charge on any atom is 0.472 e. The van der Waals surface area contributed by atoms with Crippen molar-refractivity contribution in [3.05, 3.63) is 72.9 Å². The van der Waals surface area contributed by atoms with Crippen molar-refractivity contribution in [1.29, 1.82) is 0 Å².